The molecule has 130 valence electrons. The first-order valence-electron chi connectivity index (χ1n) is 8.19. The van der Waals surface area contributed by atoms with Crippen molar-refractivity contribution in [1.82, 2.24) is 10.2 Å². The third-order valence-corrected chi connectivity index (χ3v) is 5.47. The van der Waals surface area contributed by atoms with Crippen LogP contribution in [0.25, 0.3) is 0 Å². The Labute approximate surface area is 157 Å². The summed E-state index contributed by atoms with van der Waals surface area (Å²) < 4.78 is 11.9. The highest BCUT2D eigenvalue weighted by atomic mass is 35.5. The molecule has 1 N–H and O–H groups in total. The highest BCUT2D eigenvalue weighted by Gasteiger charge is 2.47. The number of hydrogen-bond acceptors (Lipinski definition) is 3. The van der Waals surface area contributed by atoms with Gasteiger partial charge in [0.15, 0.2) is 10.8 Å². The van der Waals surface area contributed by atoms with Crippen LogP contribution in [-0.4, -0.2) is 22.8 Å². The Balaban J connectivity index is 1.69. The summed E-state index contributed by atoms with van der Waals surface area (Å²) in [5, 5.41) is 4.82. The highest BCUT2D eigenvalue weighted by Crippen LogP contribution is 2.45. The standard InChI is InChI=1S/C19H19ClN2O2S/c1-19-10-15(14-9-13(20)7-8-17(14)24-19)21-18(25)22(19)11-12-5-3-4-6-16(12)23-2/h3-9,15H,10-11H2,1-2H3,(H,21,25)/t15-,19+/m0/s1. The van der Waals surface area contributed by atoms with Gasteiger partial charge in [0, 0.05) is 22.6 Å². The lowest BCUT2D eigenvalue weighted by molar-refractivity contribution is -0.0723. The minimum Gasteiger partial charge on any atom is -0.496 e. The van der Waals surface area contributed by atoms with Gasteiger partial charge in [-0.05, 0) is 43.4 Å². The monoisotopic (exact) mass is 374 g/mol. The van der Waals surface area contributed by atoms with Crippen LogP contribution in [-0.2, 0) is 6.54 Å². The summed E-state index contributed by atoms with van der Waals surface area (Å²) in [4.78, 5) is 2.09. The lowest BCUT2D eigenvalue weighted by Crippen LogP contribution is -2.64. The first-order valence-corrected chi connectivity index (χ1v) is 8.97. The van der Waals surface area contributed by atoms with Gasteiger partial charge in [0.2, 0.25) is 0 Å². The molecule has 0 unspecified atom stereocenters. The Morgan fingerprint density at radius 1 is 1.36 bits per heavy atom. The minimum absolute atomic E-state index is 0.105. The molecule has 4 rings (SSSR count). The highest BCUT2D eigenvalue weighted by molar-refractivity contribution is 7.80. The van der Waals surface area contributed by atoms with Crippen LogP contribution in [0.15, 0.2) is 42.5 Å². The van der Waals surface area contributed by atoms with Crippen molar-refractivity contribution in [3.8, 4) is 11.5 Å². The van der Waals surface area contributed by atoms with Crippen molar-refractivity contribution in [2.45, 2.75) is 31.7 Å². The van der Waals surface area contributed by atoms with Crippen molar-refractivity contribution < 1.29 is 9.47 Å². The average Bonchev–Trinajstić information content (AvgIpc) is 2.59. The van der Waals surface area contributed by atoms with Crippen molar-refractivity contribution in [3.63, 3.8) is 0 Å². The van der Waals surface area contributed by atoms with E-state index in [2.05, 4.69) is 17.1 Å². The number of rotatable bonds is 3. The van der Waals surface area contributed by atoms with Gasteiger partial charge in [-0.2, -0.15) is 0 Å². The topological polar surface area (TPSA) is 33.7 Å². The molecule has 0 amide bonds. The third-order valence-electron chi connectivity index (χ3n) is 4.89. The van der Waals surface area contributed by atoms with Crippen molar-refractivity contribution >= 4 is 28.9 Å². The Morgan fingerprint density at radius 3 is 2.96 bits per heavy atom. The van der Waals surface area contributed by atoms with Crippen LogP contribution in [0.2, 0.25) is 5.02 Å². The van der Waals surface area contributed by atoms with Crippen molar-refractivity contribution in [2.75, 3.05) is 7.11 Å². The Morgan fingerprint density at radius 2 is 2.16 bits per heavy atom. The molecule has 2 aromatic carbocycles. The van der Waals surface area contributed by atoms with E-state index in [-0.39, 0.29) is 6.04 Å². The maximum Gasteiger partial charge on any atom is 0.184 e. The molecule has 4 nitrogen and oxygen atoms in total. The fourth-order valence-corrected chi connectivity index (χ4v) is 4.21. The summed E-state index contributed by atoms with van der Waals surface area (Å²) in [5.41, 5.74) is 1.61. The number of halogens is 1. The molecule has 2 aromatic rings. The number of fused-ring (bicyclic) bond motifs is 4. The Hall–Kier alpha value is -1.98. The Bertz CT molecular complexity index is 844. The predicted molar refractivity (Wildman–Crippen MR) is 102 cm³/mol. The molecule has 0 radical (unpaired) electrons. The van der Waals surface area contributed by atoms with E-state index in [9.17, 15) is 0 Å². The Kier molecular flexibility index (Phi) is 4.01. The van der Waals surface area contributed by atoms with Crippen LogP contribution in [0.3, 0.4) is 0 Å². The van der Waals surface area contributed by atoms with E-state index in [0.29, 0.717) is 16.7 Å². The SMILES string of the molecule is COc1ccccc1CN1C(=S)N[C@H]2C[C@@]1(C)Oc1ccc(Cl)cc12. The summed E-state index contributed by atoms with van der Waals surface area (Å²) in [7, 11) is 1.68. The zero-order chi connectivity index (χ0) is 17.6. The van der Waals surface area contributed by atoms with Gasteiger partial charge in [0.1, 0.15) is 11.5 Å². The van der Waals surface area contributed by atoms with Crippen LogP contribution in [0.1, 0.15) is 30.5 Å². The lowest BCUT2D eigenvalue weighted by atomic mass is 9.90. The number of nitrogens with zero attached hydrogens (tertiary/aromatic N) is 1. The zero-order valence-corrected chi connectivity index (χ0v) is 15.7. The first kappa shape index (κ1) is 16.5. The number of nitrogens with one attached hydrogen (secondary N) is 1. The van der Waals surface area contributed by atoms with E-state index in [1.807, 2.05) is 42.5 Å². The number of para-hydroxylation sites is 1. The fourth-order valence-electron chi connectivity index (χ4n) is 3.63. The maximum absolute atomic E-state index is 6.37. The minimum atomic E-state index is -0.519. The molecule has 1 saturated heterocycles. The largest absolute Gasteiger partial charge is 0.496 e. The van der Waals surface area contributed by atoms with Crippen LogP contribution in [0.5, 0.6) is 11.5 Å². The molecule has 1 fully saturated rings. The molecule has 2 heterocycles. The normalized spacial score (nSPS) is 24.2. The van der Waals surface area contributed by atoms with Crippen molar-refractivity contribution in [1.29, 1.82) is 0 Å². The predicted octanol–water partition coefficient (Wildman–Crippen LogP) is 4.28. The fraction of sp³-hybridized carbons (Fsp3) is 0.316. The van der Waals surface area contributed by atoms with E-state index in [1.165, 1.54) is 0 Å². The maximum atomic E-state index is 6.37. The van der Waals surface area contributed by atoms with Gasteiger partial charge in [-0.1, -0.05) is 29.8 Å². The molecule has 25 heavy (non-hydrogen) atoms. The number of methoxy groups -OCH3 is 1. The number of benzene rings is 2. The molecular formula is C19H19ClN2O2S. The van der Waals surface area contributed by atoms with E-state index in [1.54, 1.807) is 7.11 Å². The molecule has 2 atom stereocenters. The summed E-state index contributed by atoms with van der Waals surface area (Å²) in [6.45, 7) is 2.70. The number of thiocarbonyl (C=S) groups is 1. The third kappa shape index (κ3) is 2.81. The first-order chi connectivity index (χ1) is 12.0. The molecule has 0 saturated carbocycles. The molecular weight excluding hydrogens is 356 g/mol. The van der Waals surface area contributed by atoms with Crippen LogP contribution < -0.4 is 14.8 Å². The van der Waals surface area contributed by atoms with E-state index >= 15 is 0 Å². The van der Waals surface area contributed by atoms with Crippen LogP contribution in [0, 0.1) is 0 Å². The zero-order valence-electron chi connectivity index (χ0n) is 14.1. The summed E-state index contributed by atoms with van der Waals surface area (Å²) in [5.74, 6) is 1.70. The van der Waals surface area contributed by atoms with E-state index < -0.39 is 5.72 Å². The quantitative estimate of drug-likeness (QED) is 0.811. The summed E-state index contributed by atoms with van der Waals surface area (Å²) in [6.07, 6.45) is 0.787. The molecule has 0 spiro atoms. The summed E-state index contributed by atoms with van der Waals surface area (Å²) in [6, 6.07) is 13.8. The van der Waals surface area contributed by atoms with Gasteiger partial charge in [0.25, 0.3) is 0 Å². The molecule has 2 aliphatic rings. The van der Waals surface area contributed by atoms with Gasteiger partial charge < -0.3 is 19.7 Å². The second-order valence-corrected chi connectivity index (χ2v) is 7.39. The van der Waals surface area contributed by atoms with Gasteiger partial charge >= 0.3 is 0 Å². The molecule has 0 aliphatic carbocycles. The van der Waals surface area contributed by atoms with Gasteiger partial charge in [0.05, 0.1) is 19.7 Å². The number of hydrogen-bond donors (Lipinski definition) is 1. The van der Waals surface area contributed by atoms with E-state index in [4.69, 9.17) is 33.3 Å². The van der Waals surface area contributed by atoms with Crippen LogP contribution >= 0.6 is 23.8 Å². The molecule has 6 heteroatoms. The summed E-state index contributed by atoms with van der Waals surface area (Å²) >= 11 is 11.8. The van der Waals surface area contributed by atoms with Gasteiger partial charge in [-0.3, -0.25) is 0 Å². The number of ether oxygens (including phenoxy) is 2. The van der Waals surface area contributed by atoms with Gasteiger partial charge in [-0.25, -0.2) is 0 Å². The van der Waals surface area contributed by atoms with Gasteiger partial charge in [-0.15, -0.1) is 0 Å². The molecule has 2 aliphatic heterocycles. The smallest absolute Gasteiger partial charge is 0.184 e. The second-order valence-electron chi connectivity index (χ2n) is 6.56. The molecule has 0 aromatic heterocycles. The molecule has 2 bridgehead atoms. The lowest BCUT2D eigenvalue weighted by Gasteiger charge is -2.52. The van der Waals surface area contributed by atoms with Crippen LogP contribution in [0.4, 0.5) is 0 Å². The average molecular weight is 375 g/mol. The second kappa shape index (κ2) is 6.07. The van der Waals surface area contributed by atoms with E-state index in [0.717, 1.165) is 29.0 Å². The van der Waals surface area contributed by atoms with Crippen molar-refractivity contribution in [2.24, 2.45) is 0 Å². The van der Waals surface area contributed by atoms with Crippen molar-refractivity contribution in [3.05, 3.63) is 58.6 Å².